The van der Waals surface area contributed by atoms with Gasteiger partial charge < -0.3 is 9.47 Å². The maximum atomic E-state index is 13.0. The Hall–Kier alpha value is -1.87. The third kappa shape index (κ3) is 4.85. The van der Waals surface area contributed by atoms with Crippen molar-refractivity contribution in [2.45, 2.75) is 26.9 Å². The summed E-state index contributed by atoms with van der Waals surface area (Å²) in [5, 5.41) is 0. The highest BCUT2D eigenvalue weighted by atomic mass is 19.1. The van der Waals surface area contributed by atoms with Gasteiger partial charge in [0.15, 0.2) is 0 Å². The van der Waals surface area contributed by atoms with Crippen molar-refractivity contribution in [2.75, 3.05) is 13.1 Å². The van der Waals surface area contributed by atoms with E-state index in [9.17, 15) is 4.39 Å². The summed E-state index contributed by atoms with van der Waals surface area (Å²) in [4.78, 5) is 1.52. The van der Waals surface area contributed by atoms with E-state index in [-0.39, 0.29) is 5.82 Å². The largest absolute Gasteiger partial charge is 0.342 e. The number of hydrogen-bond acceptors (Lipinski definition) is 0. The van der Waals surface area contributed by atoms with Crippen molar-refractivity contribution in [1.29, 1.82) is 0 Å². The molecular formula is C19H26FN2+. The highest BCUT2D eigenvalue weighted by molar-refractivity contribution is 5.18. The second-order valence-corrected chi connectivity index (χ2v) is 6.27. The van der Waals surface area contributed by atoms with Gasteiger partial charge in [-0.25, -0.2) is 4.39 Å². The van der Waals surface area contributed by atoms with E-state index >= 15 is 0 Å². The molecule has 2 rings (SSSR count). The summed E-state index contributed by atoms with van der Waals surface area (Å²) in [6.07, 6.45) is 4.09. The molecule has 0 aliphatic rings. The molecule has 1 heterocycles. The van der Waals surface area contributed by atoms with Crippen LogP contribution in [0.5, 0.6) is 0 Å². The number of rotatable bonds is 8. The number of benzene rings is 1. The standard InChI is InChI=1S/C19H25FN2/c1-4-11-21(13-16(2)3)15-19-6-5-12-22(19)14-17-7-9-18(20)10-8-17/h4-10,12,16H,1,11,13-15H2,2-3H3/p+1. The first kappa shape index (κ1) is 16.5. The highest BCUT2D eigenvalue weighted by Gasteiger charge is 2.13. The lowest BCUT2D eigenvalue weighted by Gasteiger charge is -2.21. The van der Waals surface area contributed by atoms with Crippen LogP contribution in [-0.4, -0.2) is 17.7 Å². The molecule has 22 heavy (non-hydrogen) atoms. The number of halogens is 1. The topological polar surface area (TPSA) is 9.37 Å². The Kier molecular flexibility index (Phi) is 5.96. The van der Waals surface area contributed by atoms with Crippen LogP contribution in [0.1, 0.15) is 25.1 Å². The fourth-order valence-corrected chi connectivity index (χ4v) is 2.82. The van der Waals surface area contributed by atoms with E-state index in [0.29, 0.717) is 5.92 Å². The molecule has 2 aromatic rings. The molecule has 0 radical (unpaired) electrons. The summed E-state index contributed by atoms with van der Waals surface area (Å²) in [6, 6.07) is 11.0. The molecule has 118 valence electrons. The molecule has 3 heteroatoms. The molecule has 0 amide bonds. The highest BCUT2D eigenvalue weighted by Crippen LogP contribution is 2.08. The van der Waals surface area contributed by atoms with Gasteiger partial charge in [-0.2, -0.15) is 0 Å². The zero-order valence-electron chi connectivity index (χ0n) is 13.6. The second kappa shape index (κ2) is 7.95. The van der Waals surface area contributed by atoms with Gasteiger partial charge in [-0.3, -0.25) is 0 Å². The molecule has 0 fully saturated rings. The lowest BCUT2D eigenvalue weighted by Crippen LogP contribution is -3.11. The van der Waals surface area contributed by atoms with E-state index in [1.165, 1.54) is 22.7 Å². The Morgan fingerprint density at radius 2 is 1.95 bits per heavy atom. The van der Waals surface area contributed by atoms with Crippen LogP contribution in [0.2, 0.25) is 0 Å². The average molecular weight is 301 g/mol. The quantitative estimate of drug-likeness (QED) is 0.718. The number of nitrogens with one attached hydrogen (secondary N) is 1. The van der Waals surface area contributed by atoms with Gasteiger partial charge in [0.2, 0.25) is 0 Å². The third-order valence-corrected chi connectivity index (χ3v) is 3.75. The maximum Gasteiger partial charge on any atom is 0.123 e. The van der Waals surface area contributed by atoms with Crippen LogP contribution in [0, 0.1) is 11.7 Å². The smallest absolute Gasteiger partial charge is 0.123 e. The normalized spacial score (nSPS) is 12.5. The second-order valence-electron chi connectivity index (χ2n) is 6.27. The van der Waals surface area contributed by atoms with Crippen LogP contribution in [-0.2, 0) is 13.1 Å². The van der Waals surface area contributed by atoms with Crippen molar-refractivity contribution in [1.82, 2.24) is 4.57 Å². The first-order valence-electron chi connectivity index (χ1n) is 7.91. The van der Waals surface area contributed by atoms with Crippen molar-refractivity contribution < 1.29 is 9.29 Å². The molecule has 0 bridgehead atoms. The summed E-state index contributed by atoms with van der Waals surface area (Å²) < 4.78 is 15.3. The monoisotopic (exact) mass is 301 g/mol. The molecule has 1 unspecified atom stereocenters. The molecule has 0 spiro atoms. The SMILES string of the molecule is C=CC[NH+](Cc1cccn1Cc1ccc(F)cc1)CC(C)C. The minimum Gasteiger partial charge on any atom is -0.342 e. The van der Waals surface area contributed by atoms with Gasteiger partial charge in [0, 0.05) is 18.7 Å². The molecule has 1 aromatic carbocycles. The van der Waals surface area contributed by atoms with Gasteiger partial charge in [-0.05, 0) is 35.9 Å². The average Bonchev–Trinajstić information content (AvgIpc) is 2.88. The summed E-state index contributed by atoms with van der Waals surface area (Å²) in [5.74, 6) is 0.477. The minimum atomic E-state index is -0.185. The Balaban J connectivity index is 2.07. The molecule has 0 saturated carbocycles. The fourth-order valence-electron chi connectivity index (χ4n) is 2.82. The van der Waals surface area contributed by atoms with Crippen LogP contribution >= 0.6 is 0 Å². The lowest BCUT2D eigenvalue weighted by atomic mass is 10.2. The van der Waals surface area contributed by atoms with Crippen LogP contribution in [0.15, 0.2) is 55.3 Å². The van der Waals surface area contributed by atoms with Gasteiger partial charge in [0.05, 0.1) is 18.8 Å². The number of quaternary nitrogens is 1. The van der Waals surface area contributed by atoms with Crippen molar-refractivity contribution in [2.24, 2.45) is 5.92 Å². The first-order valence-corrected chi connectivity index (χ1v) is 7.91. The van der Waals surface area contributed by atoms with Gasteiger partial charge in [0.25, 0.3) is 0 Å². The molecule has 0 aliphatic heterocycles. The third-order valence-electron chi connectivity index (χ3n) is 3.75. The van der Waals surface area contributed by atoms with E-state index < -0.39 is 0 Å². The van der Waals surface area contributed by atoms with Crippen LogP contribution in [0.4, 0.5) is 4.39 Å². The Morgan fingerprint density at radius 1 is 1.23 bits per heavy atom. The zero-order valence-corrected chi connectivity index (χ0v) is 13.6. The minimum absolute atomic E-state index is 0.185. The van der Waals surface area contributed by atoms with E-state index in [4.69, 9.17) is 0 Å². The van der Waals surface area contributed by atoms with Crippen LogP contribution in [0.25, 0.3) is 0 Å². The summed E-state index contributed by atoms with van der Waals surface area (Å²) in [6.45, 7) is 12.2. The molecule has 0 aliphatic carbocycles. The van der Waals surface area contributed by atoms with Crippen molar-refractivity contribution >= 4 is 0 Å². The molecule has 1 N–H and O–H groups in total. The van der Waals surface area contributed by atoms with E-state index in [1.807, 2.05) is 18.2 Å². The van der Waals surface area contributed by atoms with Gasteiger partial charge in [-0.15, -0.1) is 0 Å². The first-order chi connectivity index (χ1) is 10.6. The number of hydrogen-bond donors (Lipinski definition) is 1. The van der Waals surface area contributed by atoms with E-state index in [1.54, 1.807) is 0 Å². The number of aromatic nitrogens is 1. The molecule has 0 saturated heterocycles. The van der Waals surface area contributed by atoms with Gasteiger partial charge >= 0.3 is 0 Å². The Bertz CT molecular complexity index is 584. The Morgan fingerprint density at radius 3 is 2.59 bits per heavy atom. The Labute approximate surface area is 132 Å². The van der Waals surface area contributed by atoms with Crippen LogP contribution < -0.4 is 4.90 Å². The van der Waals surface area contributed by atoms with Crippen molar-refractivity contribution in [3.8, 4) is 0 Å². The predicted octanol–water partition coefficient (Wildman–Crippen LogP) is 2.90. The molecular weight excluding hydrogens is 275 g/mol. The van der Waals surface area contributed by atoms with E-state index in [0.717, 1.165) is 31.7 Å². The van der Waals surface area contributed by atoms with Gasteiger partial charge in [-0.1, -0.05) is 32.6 Å². The van der Waals surface area contributed by atoms with E-state index in [2.05, 4.69) is 43.3 Å². The van der Waals surface area contributed by atoms with Crippen molar-refractivity contribution in [3.63, 3.8) is 0 Å². The zero-order chi connectivity index (χ0) is 15.9. The lowest BCUT2D eigenvalue weighted by molar-refractivity contribution is -0.911. The fraction of sp³-hybridized carbons (Fsp3) is 0.368. The van der Waals surface area contributed by atoms with Crippen molar-refractivity contribution in [3.05, 3.63) is 72.3 Å². The summed E-state index contributed by atoms with van der Waals surface area (Å²) >= 11 is 0. The summed E-state index contributed by atoms with van der Waals surface area (Å²) in [7, 11) is 0. The van der Waals surface area contributed by atoms with Gasteiger partial charge in [0.1, 0.15) is 12.4 Å². The maximum absolute atomic E-state index is 13.0. The van der Waals surface area contributed by atoms with Crippen LogP contribution in [0.3, 0.4) is 0 Å². The summed E-state index contributed by atoms with van der Waals surface area (Å²) in [5.41, 5.74) is 2.43. The molecule has 2 nitrogen and oxygen atoms in total. The predicted molar refractivity (Wildman–Crippen MR) is 89.4 cm³/mol. The molecule has 1 atom stereocenters. The molecule has 1 aromatic heterocycles. The number of nitrogens with zero attached hydrogens (tertiary/aromatic N) is 1.